The van der Waals surface area contributed by atoms with Crippen molar-refractivity contribution < 1.29 is 23.4 Å². The number of esters is 1. The molecule has 0 aliphatic rings. The summed E-state index contributed by atoms with van der Waals surface area (Å²) in [5, 5.41) is 2.19. The van der Waals surface area contributed by atoms with Crippen LogP contribution in [-0.2, 0) is 30.0 Å². The molecule has 36 heavy (non-hydrogen) atoms. The Bertz CT molecular complexity index is 1040. The van der Waals surface area contributed by atoms with Crippen molar-refractivity contribution in [1.82, 2.24) is 0 Å². The molecular weight excluding hydrogens is 468 g/mol. The number of carbonyl (C=O) groups is 1. The first kappa shape index (κ1) is 27.6. The van der Waals surface area contributed by atoms with Gasteiger partial charge in [-0.2, -0.15) is 0 Å². The molecule has 0 unspecified atom stereocenters. The number of benzene rings is 3. The SMILES string of the molecule is COC(=O)/C=C/[C@@H](CO[Si](c1ccccc1)(c1ccccc1)C(C)(C)C)OCOCc1ccccc1. The van der Waals surface area contributed by atoms with E-state index >= 15 is 0 Å². The van der Waals surface area contributed by atoms with E-state index in [0.29, 0.717) is 6.61 Å². The van der Waals surface area contributed by atoms with Crippen LogP contribution in [0, 0.1) is 0 Å². The average Bonchev–Trinajstić information content (AvgIpc) is 2.90. The molecule has 5 nitrogen and oxygen atoms in total. The topological polar surface area (TPSA) is 54.0 Å². The van der Waals surface area contributed by atoms with Crippen LogP contribution in [0.2, 0.25) is 5.04 Å². The monoisotopic (exact) mass is 504 g/mol. The summed E-state index contributed by atoms with van der Waals surface area (Å²) in [7, 11) is -1.40. The fraction of sp³-hybridized carbons (Fsp3) is 0.300. The Hall–Kier alpha value is -3.03. The van der Waals surface area contributed by atoms with Crippen molar-refractivity contribution in [3.63, 3.8) is 0 Å². The second-order valence-electron chi connectivity index (χ2n) is 9.51. The quantitative estimate of drug-likeness (QED) is 0.116. The lowest BCUT2D eigenvalue weighted by molar-refractivity contribution is -0.135. The highest BCUT2D eigenvalue weighted by molar-refractivity contribution is 6.99. The van der Waals surface area contributed by atoms with Gasteiger partial charge in [-0.1, -0.05) is 112 Å². The summed E-state index contributed by atoms with van der Waals surface area (Å²) < 4.78 is 23.5. The molecule has 3 aromatic carbocycles. The van der Waals surface area contributed by atoms with Gasteiger partial charge in [0.05, 0.1) is 20.3 Å². The molecule has 0 spiro atoms. The van der Waals surface area contributed by atoms with Gasteiger partial charge in [0.2, 0.25) is 0 Å². The Morgan fingerprint density at radius 2 is 1.39 bits per heavy atom. The fourth-order valence-corrected chi connectivity index (χ4v) is 8.82. The fourth-order valence-electron chi connectivity index (χ4n) is 4.25. The highest BCUT2D eigenvalue weighted by Gasteiger charge is 2.50. The maximum absolute atomic E-state index is 11.8. The van der Waals surface area contributed by atoms with E-state index < -0.39 is 20.4 Å². The van der Waals surface area contributed by atoms with Crippen molar-refractivity contribution in [3.05, 3.63) is 109 Å². The van der Waals surface area contributed by atoms with Gasteiger partial charge >= 0.3 is 5.97 Å². The molecule has 0 amide bonds. The highest BCUT2D eigenvalue weighted by Crippen LogP contribution is 2.36. The maximum Gasteiger partial charge on any atom is 0.330 e. The Morgan fingerprint density at radius 3 is 1.89 bits per heavy atom. The molecule has 3 aromatic rings. The molecule has 0 N–H and O–H groups in total. The van der Waals surface area contributed by atoms with E-state index in [0.717, 1.165) is 5.56 Å². The van der Waals surface area contributed by atoms with Crippen LogP contribution in [0.15, 0.2) is 103 Å². The van der Waals surface area contributed by atoms with Crippen molar-refractivity contribution in [2.45, 2.75) is 38.5 Å². The summed E-state index contributed by atoms with van der Waals surface area (Å²) >= 11 is 0. The predicted molar refractivity (Wildman–Crippen MR) is 146 cm³/mol. The van der Waals surface area contributed by atoms with E-state index in [1.807, 2.05) is 42.5 Å². The van der Waals surface area contributed by atoms with E-state index in [2.05, 4.69) is 69.3 Å². The van der Waals surface area contributed by atoms with Crippen molar-refractivity contribution in [1.29, 1.82) is 0 Å². The lowest BCUT2D eigenvalue weighted by Crippen LogP contribution is -2.67. The van der Waals surface area contributed by atoms with Gasteiger partial charge in [-0.3, -0.25) is 0 Å². The molecule has 0 saturated heterocycles. The van der Waals surface area contributed by atoms with Crippen LogP contribution in [0.4, 0.5) is 0 Å². The van der Waals surface area contributed by atoms with E-state index in [-0.39, 0.29) is 18.4 Å². The predicted octanol–water partition coefficient (Wildman–Crippen LogP) is 4.85. The van der Waals surface area contributed by atoms with Gasteiger partial charge in [0.25, 0.3) is 8.32 Å². The summed E-state index contributed by atoms with van der Waals surface area (Å²) in [6.07, 6.45) is 2.55. The van der Waals surface area contributed by atoms with Crippen LogP contribution in [0.3, 0.4) is 0 Å². The number of carbonyl (C=O) groups excluding carboxylic acids is 1. The molecule has 0 aliphatic carbocycles. The smallest absolute Gasteiger partial charge is 0.330 e. The molecule has 0 saturated carbocycles. The van der Waals surface area contributed by atoms with Crippen LogP contribution in [0.5, 0.6) is 0 Å². The van der Waals surface area contributed by atoms with Crippen LogP contribution in [-0.4, -0.2) is 40.9 Å². The van der Waals surface area contributed by atoms with Crippen molar-refractivity contribution >= 4 is 24.7 Å². The van der Waals surface area contributed by atoms with Gasteiger partial charge in [0, 0.05) is 6.08 Å². The zero-order chi connectivity index (χ0) is 25.9. The normalized spacial score (nSPS) is 13.0. The van der Waals surface area contributed by atoms with Crippen LogP contribution in [0.25, 0.3) is 0 Å². The third-order valence-electron chi connectivity index (χ3n) is 6.01. The summed E-state index contributed by atoms with van der Waals surface area (Å²) in [5.74, 6) is -0.445. The average molecular weight is 505 g/mol. The minimum atomic E-state index is -2.75. The highest BCUT2D eigenvalue weighted by atomic mass is 28.4. The maximum atomic E-state index is 11.8. The van der Waals surface area contributed by atoms with Gasteiger partial charge in [0.1, 0.15) is 12.9 Å². The number of ether oxygens (including phenoxy) is 3. The molecule has 0 aromatic heterocycles. The minimum absolute atomic E-state index is 0.0647. The third kappa shape index (κ3) is 7.24. The lowest BCUT2D eigenvalue weighted by Gasteiger charge is -2.43. The summed E-state index contributed by atoms with van der Waals surface area (Å²) in [5.41, 5.74) is 1.06. The van der Waals surface area contributed by atoms with Crippen molar-refractivity contribution in [3.8, 4) is 0 Å². The van der Waals surface area contributed by atoms with Gasteiger partial charge in [0.15, 0.2) is 0 Å². The summed E-state index contributed by atoms with van der Waals surface area (Å²) in [4.78, 5) is 11.8. The van der Waals surface area contributed by atoms with Crippen LogP contribution < -0.4 is 10.4 Å². The minimum Gasteiger partial charge on any atom is -0.466 e. The molecule has 0 radical (unpaired) electrons. The van der Waals surface area contributed by atoms with E-state index in [1.165, 1.54) is 23.6 Å². The number of rotatable bonds is 12. The van der Waals surface area contributed by atoms with Crippen molar-refractivity contribution in [2.75, 3.05) is 20.5 Å². The molecule has 0 bridgehead atoms. The second kappa shape index (κ2) is 13.3. The number of hydrogen-bond donors (Lipinski definition) is 0. The van der Waals surface area contributed by atoms with E-state index in [9.17, 15) is 4.79 Å². The van der Waals surface area contributed by atoms with Crippen LogP contribution >= 0.6 is 0 Å². The molecule has 3 rings (SSSR count). The standard InChI is InChI=1S/C30H36O5Si/c1-30(2,3)36(27-16-10-6-11-17-27,28-18-12-7-13-19-28)35-23-26(20-21-29(31)32-4)34-24-33-22-25-14-8-5-9-15-25/h5-21,26H,22-24H2,1-4H3/b21-20+/t26-/m0/s1. The molecular formula is C30H36O5Si. The zero-order valence-electron chi connectivity index (χ0n) is 21.6. The molecule has 0 heterocycles. The van der Waals surface area contributed by atoms with Gasteiger partial charge in [-0.25, -0.2) is 4.79 Å². The molecule has 0 aliphatic heterocycles. The first-order valence-corrected chi connectivity index (χ1v) is 14.0. The summed E-state index contributed by atoms with van der Waals surface area (Å²) in [6.45, 7) is 7.43. The van der Waals surface area contributed by atoms with Crippen LogP contribution in [0.1, 0.15) is 26.3 Å². The molecule has 190 valence electrons. The first-order chi connectivity index (χ1) is 17.4. The first-order valence-electron chi connectivity index (χ1n) is 12.1. The lowest BCUT2D eigenvalue weighted by atomic mass is 10.2. The Morgan fingerprint density at radius 1 is 0.861 bits per heavy atom. The second-order valence-corrected chi connectivity index (χ2v) is 13.8. The van der Waals surface area contributed by atoms with Gasteiger partial charge < -0.3 is 18.6 Å². The Kier molecular flexibility index (Phi) is 10.2. The van der Waals surface area contributed by atoms with Gasteiger partial charge in [-0.05, 0) is 27.1 Å². The van der Waals surface area contributed by atoms with E-state index in [4.69, 9.17) is 18.6 Å². The van der Waals surface area contributed by atoms with Gasteiger partial charge in [-0.15, -0.1) is 0 Å². The summed E-state index contributed by atoms with van der Waals surface area (Å²) in [6, 6.07) is 30.7. The zero-order valence-corrected chi connectivity index (χ0v) is 22.6. The van der Waals surface area contributed by atoms with E-state index in [1.54, 1.807) is 6.08 Å². The molecule has 0 fully saturated rings. The molecule has 1 atom stereocenters. The molecule has 6 heteroatoms. The number of hydrogen-bond acceptors (Lipinski definition) is 5. The van der Waals surface area contributed by atoms with Crippen molar-refractivity contribution in [2.24, 2.45) is 0 Å². The Labute approximate surface area is 215 Å². The largest absolute Gasteiger partial charge is 0.466 e. The number of methoxy groups -OCH3 is 1. The third-order valence-corrected chi connectivity index (χ3v) is 11.0. The Balaban J connectivity index is 1.84.